The molecule has 0 bridgehead atoms. The molecule has 0 radical (unpaired) electrons. The Bertz CT molecular complexity index is 694. The zero-order chi connectivity index (χ0) is 15.9. The van der Waals surface area contributed by atoms with Crippen LogP contribution in [0.1, 0.15) is 15.9 Å². The first-order valence-corrected chi connectivity index (χ1v) is 7.00. The zero-order valence-electron chi connectivity index (χ0n) is 12.8. The van der Waals surface area contributed by atoms with E-state index in [-0.39, 0.29) is 0 Å². The van der Waals surface area contributed by atoms with Crippen LogP contribution in [0.4, 0.5) is 11.4 Å². The molecule has 0 aliphatic carbocycles. The molecule has 0 spiro atoms. The Balaban J connectivity index is 1.97. The SMILES string of the molecule is CN(C)c1ccc(N=C=CCc2ccc(C(N)=O)cc2)cc1. The Labute approximate surface area is 130 Å². The van der Waals surface area contributed by atoms with Crippen molar-refractivity contribution in [2.45, 2.75) is 6.42 Å². The predicted octanol–water partition coefficient (Wildman–Crippen LogP) is 2.95. The topological polar surface area (TPSA) is 58.7 Å². The van der Waals surface area contributed by atoms with Crippen molar-refractivity contribution >= 4 is 23.2 Å². The van der Waals surface area contributed by atoms with Crippen molar-refractivity contribution in [2.75, 3.05) is 19.0 Å². The minimum Gasteiger partial charge on any atom is -0.378 e. The van der Waals surface area contributed by atoms with Gasteiger partial charge in [0.2, 0.25) is 5.91 Å². The number of primary amides is 1. The Morgan fingerprint density at radius 1 is 1.14 bits per heavy atom. The molecular weight excluding hydrogens is 274 g/mol. The van der Waals surface area contributed by atoms with Gasteiger partial charge in [0.1, 0.15) is 0 Å². The summed E-state index contributed by atoms with van der Waals surface area (Å²) in [5.41, 5.74) is 8.80. The van der Waals surface area contributed by atoms with E-state index in [9.17, 15) is 4.79 Å². The van der Waals surface area contributed by atoms with Gasteiger partial charge in [0, 0.05) is 25.3 Å². The van der Waals surface area contributed by atoms with Crippen molar-refractivity contribution in [3.63, 3.8) is 0 Å². The number of hydrogen-bond acceptors (Lipinski definition) is 3. The molecule has 22 heavy (non-hydrogen) atoms. The number of nitrogens with zero attached hydrogens (tertiary/aromatic N) is 2. The van der Waals surface area contributed by atoms with Gasteiger partial charge in [0.05, 0.1) is 5.69 Å². The van der Waals surface area contributed by atoms with E-state index in [1.807, 2.05) is 61.5 Å². The van der Waals surface area contributed by atoms with Gasteiger partial charge in [-0.3, -0.25) is 4.79 Å². The molecule has 0 aliphatic heterocycles. The minimum atomic E-state index is -0.412. The molecule has 2 N–H and O–H groups in total. The fourth-order valence-corrected chi connectivity index (χ4v) is 1.91. The van der Waals surface area contributed by atoms with Crippen LogP contribution in [-0.4, -0.2) is 25.9 Å². The molecule has 4 nitrogen and oxygen atoms in total. The van der Waals surface area contributed by atoms with Gasteiger partial charge in [-0.25, -0.2) is 4.99 Å². The van der Waals surface area contributed by atoms with Crippen LogP contribution in [0.15, 0.2) is 59.6 Å². The molecule has 2 aromatic rings. The summed E-state index contributed by atoms with van der Waals surface area (Å²) < 4.78 is 0. The van der Waals surface area contributed by atoms with Gasteiger partial charge in [-0.05, 0) is 60.3 Å². The van der Waals surface area contributed by atoms with Gasteiger partial charge in [-0.2, -0.15) is 0 Å². The minimum absolute atomic E-state index is 0.412. The van der Waals surface area contributed by atoms with Crippen LogP contribution in [0, 0.1) is 0 Å². The number of allylic oxidation sites excluding steroid dienone is 1. The van der Waals surface area contributed by atoms with E-state index in [0.29, 0.717) is 12.0 Å². The molecule has 112 valence electrons. The van der Waals surface area contributed by atoms with E-state index in [1.54, 1.807) is 12.1 Å². The summed E-state index contributed by atoms with van der Waals surface area (Å²) in [4.78, 5) is 17.3. The third-order valence-corrected chi connectivity index (χ3v) is 3.23. The van der Waals surface area contributed by atoms with Crippen LogP contribution in [0.3, 0.4) is 0 Å². The highest BCUT2D eigenvalue weighted by Crippen LogP contribution is 2.17. The number of carbonyl (C=O) groups excluding carboxylic acids is 1. The largest absolute Gasteiger partial charge is 0.378 e. The van der Waals surface area contributed by atoms with E-state index >= 15 is 0 Å². The predicted molar refractivity (Wildman–Crippen MR) is 91.1 cm³/mol. The van der Waals surface area contributed by atoms with Crippen molar-refractivity contribution in [3.05, 3.63) is 65.7 Å². The first kappa shape index (κ1) is 15.5. The average Bonchev–Trinajstić information content (AvgIpc) is 2.52. The number of anilines is 1. The van der Waals surface area contributed by atoms with E-state index in [0.717, 1.165) is 16.9 Å². The van der Waals surface area contributed by atoms with Gasteiger partial charge in [-0.1, -0.05) is 12.1 Å². The van der Waals surface area contributed by atoms with Crippen molar-refractivity contribution < 1.29 is 4.79 Å². The molecule has 0 atom stereocenters. The number of benzene rings is 2. The van der Waals surface area contributed by atoms with Crippen LogP contribution < -0.4 is 10.6 Å². The van der Waals surface area contributed by atoms with Crippen molar-refractivity contribution in [3.8, 4) is 0 Å². The van der Waals surface area contributed by atoms with Crippen molar-refractivity contribution in [2.24, 2.45) is 10.7 Å². The van der Waals surface area contributed by atoms with Crippen LogP contribution in [0.2, 0.25) is 0 Å². The molecule has 0 heterocycles. The number of nitrogens with two attached hydrogens (primary N) is 1. The summed E-state index contributed by atoms with van der Waals surface area (Å²) in [5, 5.41) is 0. The summed E-state index contributed by atoms with van der Waals surface area (Å²) in [6.07, 6.45) is 2.57. The Hall–Kier alpha value is -2.84. The van der Waals surface area contributed by atoms with E-state index in [1.165, 1.54) is 0 Å². The monoisotopic (exact) mass is 293 g/mol. The number of hydrogen-bond donors (Lipinski definition) is 1. The molecule has 0 aliphatic rings. The molecular formula is C18H19N3O. The maximum atomic E-state index is 11.0. The molecule has 0 unspecified atom stereocenters. The van der Waals surface area contributed by atoms with Crippen LogP contribution in [0.25, 0.3) is 0 Å². The van der Waals surface area contributed by atoms with Crippen LogP contribution in [-0.2, 0) is 6.42 Å². The Kier molecular flexibility index (Phi) is 5.12. The molecule has 0 fully saturated rings. The second-order valence-electron chi connectivity index (χ2n) is 5.12. The molecule has 0 aromatic heterocycles. The lowest BCUT2D eigenvalue weighted by atomic mass is 10.1. The molecule has 2 aromatic carbocycles. The van der Waals surface area contributed by atoms with Gasteiger partial charge >= 0.3 is 0 Å². The lowest BCUT2D eigenvalue weighted by Crippen LogP contribution is -2.10. The molecule has 0 saturated heterocycles. The van der Waals surface area contributed by atoms with E-state index < -0.39 is 5.91 Å². The summed E-state index contributed by atoms with van der Waals surface area (Å²) in [5.74, 6) is 2.52. The number of carbonyl (C=O) groups is 1. The lowest BCUT2D eigenvalue weighted by molar-refractivity contribution is 0.100. The standard InChI is InChI=1S/C18H19N3O/c1-21(2)17-11-9-16(10-12-17)20-13-3-4-14-5-7-15(8-6-14)18(19)22/h3,5-12H,4H2,1-2H3,(H2,19,22). The average molecular weight is 293 g/mol. The maximum absolute atomic E-state index is 11.0. The number of amides is 1. The smallest absolute Gasteiger partial charge is 0.248 e. The van der Waals surface area contributed by atoms with Crippen LogP contribution in [0.5, 0.6) is 0 Å². The number of aliphatic imine (C=N–C) groups is 1. The fourth-order valence-electron chi connectivity index (χ4n) is 1.91. The second kappa shape index (κ2) is 7.25. The normalized spacial score (nSPS) is 9.73. The van der Waals surface area contributed by atoms with Gasteiger partial charge in [0.15, 0.2) is 0 Å². The first-order valence-electron chi connectivity index (χ1n) is 7.00. The summed E-state index contributed by atoms with van der Waals surface area (Å²) in [6, 6.07) is 15.2. The summed E-state index contributed by atoms with van der Waals surface area (Å²) in [7, 11) is 4.00. The van der Waals surface area contributed by atoms with Crippen molar-refractivity contribution in [1.29, 1.82) is 0 Å². The highest BCUT2D eigenvalue weighted by Gasteiger charge is 1.98. The molecule has 1 amide bonds. The summed E-state index contributed by atoms with van der Waals surface area (Å²) in [6.45, 7) is 0. The third-order valence-electron chi connectivity index (χ3n) is 3.23. The lowest BCUT2D eigenvalue weighted by Gasteiger charge is -2.11. The first-order chi connectivity index (χ1) is 10.6. The van der Waals surface area contributed by atoms with E-state index in [2.05, 4.69) is 10.9 Å². The van der Waals surface area contributed by atoms with Gasteiger partial charge in [-0.15, -0.1) is 0 Å². The quantitative estimate of drug-likeness (QED) is 0.862. The summed E-state index contributed by atoms with van der Waals surface area (Å²) >= 11 is 0. The third kappa shape index (κ3) is 4.33. The molecule has 2 rings (SSSR count). The second-order valence-corrected chi connectivity index (χ2v) is 5.12. The molecule has 0 saturated carbocycles. The highest BCUT2D eigenvalue weighted by atomic mass is 16.1. The maximum Gasteiger partial charge on any atom is 0.248 e. The Morgan fingerprint density at radius 2 is 1.77 bits per heavy atom. The van der Waals surface area contributed by atoms with Gasteiger partial charge < -0.3 is 10.6 Å². The van der Waals surface area contributed by atoms with Crippen LogP contribution >= 0.6 is 0 Å². The van der Waals surface area contributed by atoms with Gasteiger partial charge in [0.25, 0.3) is 0 Å². The van der Waals surface area contributed by atoms with E-state index in [4.69, 9.17) is 5.73 Å². The fraction of sp³-hybridized carbons (Fsp3) is 0.167. The molecule has 4 heteroatoms. The van der Waals surface area contributed by atoms with Crippen molar-refractivity contribution in [1.82, 2.24) is 0 Å². The highest BCUT2D eigenvalue weighted by molar-refractivity contribution is 5.92. The number of rotatable bonds is 5. The zero-order valence-corrected chi connectivity index (χ0v) is 12.8. The Morgan fingerprint density at radius 3 is 2.32 bits per heavy atom.